The average molecular weight is 191 g/mol. The Morgan fingerprint density at radius 1 is 1.46 bits per heavy atom. The molecule has 13 heavy (non-hydrogen) atoms. The molecule has 0 spiro atoms. The molecule has 0 radical (unpaired) electrons. The second-order valence-corrected chi connectivity index (χ2v) is 2.53. The smallest absolute Gasteiger partial charge is 0.321 e. The molecule has 0 fully saturated rings. The molecule has 0 aromatic heterocycles. The Kier molecular flexibility index (Phi) is 5.01. The van der Waals surface area contributed by atoms with Crippen LogP contribution in [0, 0.1) is 0 Å². The number of carboxylic acids is 2. The van der Waals surface area contributed by atoms with Crippen LogP contribution in [0.3, 0.4) is 0 Å². The molecule has 76 valence electrons. The molecule has 0 rings (SSSR count). The van der Waals surface area contributed by atoms with Gasteiger partial charge in [-0.1, -0.05) is 0 Å². The SMILES string of the molecule is COC(C)NC(CC(=O)O)C(=O)O. The molecule has 0 saturated carbocycles. The van der Waals surface area contributed by atoms with E-state index in [1.54, 1.807) is 6.92 Å². The van der Waals surface area contributed by atoms with Gasteiger partial charge >= 0.3 is 11.9 Å². The summed E-state index contributed by atoms with van der Waals surface area (Å²) in [6.07, 6.45) is -0.955. The van der Waals surface area contributed by atoms with Gasteiger partial charge in [0.15, 0.2) is 0 Å². The molecule has 6 nitrogen and oxygen atoms in total. The molecule has 0 aliphatic rings. The number of hydrogen-bond acceptors (Lipinski definition) is 4. The van der Waals surface area contributed by atoms with Gasteiger partial charge in [0.25, 0.3) is 0 Å². The van der Waals surface area contributed by atoms with E-state index in [4.69, 9.17) is 14.9 Å². The second kappa shape index (κ2) is 5.50. The van der Waals surface area contributed by atoms with Crippen LogP contribution in [0.25, 0.3) is 0 Å². The molecule has 0 aromatic carbocycles. The molecule has 0 saturated heterocycles. The highest BCUT2D eigenvalue weighted by atomic mass is 16.5. The lowest BCUT2D eigenvalue weighted by Crippen LogP contribution is -2.44. The lowest BCUT2D eigenvalue weighted by molar-refractivity contribution is -0.147. The van der Waals surface area contributed by atoms with Gasteiger partial charge < -0.3 is 14.9 Å². The first-order chi connectivity index (χ1) is 5.97. The number of ether oxygens (including phenoxy) is 1. The summed E-state index contributed by atoms with van der Waals surface area (Å²) in [5, 5.41) is 19.5. The molecule has 2 unspecified atom stereocenters. The molecule has 0 aliphatic carbocycles. The maximum absolute atomic E-state index is 10.5. The fraction of sp³-hybridized carbons (Fsp3) is 0.714. The second-order valence-electron chi connectivity index (χ2n) is 2.53. The molecule has 0 bridgehead atoms. The van der Waals surface area contributed by atoms with Crippen LogP contribution in [-0.2, 0) is 14.3 Å². The van der Waals surface area contributed by atoms with Crippen LogP contribution >= 0.6 is 0 Å². The lowest BCUT2D eigenvalue weighted by Gasteiger charge is -2.17. The van der Waals surface area contributed by atoms with Crippen LogP contribution < -0.4 is 5.32 Å². The van der Waals surface area contributed by atoms with Gasteiger partial charge in [0.05, 0.1) is 6.42 Å². The summed E-state index contributed by atoms with van der Waals surface area (Å²) in [6.45, 7) is 1.60. The number of hydrogen-bond donors (Lipinski definition) is 3. The molecule has 2 atom stereocenters. The van der Waals surface area contributed by atoms with Crippen molar-refractivity contribution in [3.05, 3.63) is 0 Å². The Hall–Kier alpha value is -1.14. The standard InChI is InChI=1S/C7H13NO5/c1-4(13-2)8-5(7(11)12)3-6(9)10/h4-5,8H,3H2,1-2H3,(H,9,10)(H,11,12). The predicted octanol–water partition coefficient (Wildman–Crippen LogP) is -0.504. The van der Waals surface area contributed by atoms with Gasteiger partial charge in [0.2, 0.25) is 0 Å². The first kappa shape index (κ1) is 11.9. The van der Waals surface area contributed by atoms with E-state index < -0.39 is 30.6 Å². The number of methoxy groups -OCH3 is 1. The van der Waals surface area contributed by atoms with Crippen molar-refractivity contribution in [2.45, 2.75) is 25.6 Å². The Bertz CT molecular complexity index is 193. The number of aliphatic carboxylic acids is 2. The van der Waals surface area contributed by atoms with Crippen molar-refractivity contribution in [1.82, 2.24) is 5.32 Å². The Morgan fingerprint density at radius 2 is 2.00 bits per heavy atom. The maximum Gasteiger partial charge on any atom is 0.321 e. The summed E-state index contributed by atoms with van der Waals surface area (Å²) in [5.74, 6) is -2.37. The molecule has 6 heteroatoms. The van der Waals surface area contributed by atoms with Crippen LogP contribution in [0.1, 0.15) is 13.3 Å². The van der Waals surface area contributed by atoms with Crippen LogP contribution in [0.4, 0.5) is 0 Å². The minimum absolute atomic E-state index is 0.469. The Morgan fingerprint density at radius 3 is 2.31 bits per heavy atom. The average Bonchev–Trinajstić information content (AvgIpc) is 2.02. The summed E-state index contributed by atoms with van der Waals surface area (Å²) in [7, 11) is 1.40. The lowest BCUT2D eigenvalue weighted by atomic mass is 10.2. The predicted molar refractivity (Wildman–Crippen MR) is 43.3 cm³/mol. The van der Waals surface area contributed by atoms with Gasteiger partial charge in [0, 0.05) is 7.11 Å². The first-order valence-corrected chi connectivity index (χ1v) is 3.70. The third-order valence-corrected chi connectivity index (χ3v) is 1.47. The van der Waals surface area contributed by atoms with Crippen molar-refractivity contribution in [3.63, 3.8) is 0 Å². The third-order valence-electron chi connectivity index (χ3n) is 1.47. The largest absolute Gasteiger partial charge is 0.481 e. The van der Waals surface area contributed by atoms with E-state index in [1.807, 2.05) is 0 Å². The number of carboxylic acid groups (broad SMARTS) is 2. The molecule has 0 aromatic rings. The van der Waals surface area contributed by atoms with Gasteiger partial charge in [-0.25, -0.2) is 0 Å². The highest BCUT2D eigenvalue weighted by Crippen LogP contribution is 1.95. The zero-order valence-electron chi connectivity index (χ0n) is 7.48. The van der Waals surface area contributed by atoms with Crippen LogP contribution in [0.15, 0.2) is 0 Å². The van der Waals surface area contributed by atoms with Gasteiger partial charge in [-0.15, -0.1) is 0 Å². The minimum atomic E-state index is -1.20. The van der Waals surface area contributed by atoms with E-state index in [2.05, 4.69) is 5.32 Å². The van der Waals surface area contributed by atoms with E-state index in [0.29, 0.717) is 0 Å². The summed E-state index contributed by atoms with van der Waals surface area (Å²) < 4.78 is 4.75. The fourth-order valence-corrected chi connectivity index (χ4v) is 0.744. The Labute approximate surface area is 75.5 Å². The van der Waals surface area contributed by atoms with Crippen molar-refractivity contribution >= 4 is 11.9 Å². The van der Waals surface area contributed by atoms with Gasteiger partial charge in [0.1, 0.15) is 12.3 Å². The van der Waals surface area contributed by atoms with Crippen molar-refractivity contribution in [1.29, 1.82) is 0 Å². The quantitative estimate of drug-likeness (QED) is 0.490. The molecular weight excluding hydrogens is 178 g/mol. The van der Waals surface area contributed by atoms with E-state index in [9.17, 15) is 9.59 Å². The van der Waals surface area contributed by atoms with E-state index in [-0.39, 0.29) is 0 Å². The maximum atomic E-state index is 10.5. The molecule has 0 amide bonds. The topological polar surface area (TPSA) is 95.9 Å². The molecule has 0 aliphatic heterocycles. The molecule has 0 heterocycles. The van der Waals surface area contributed by atoms with Crippen molar-refractivity contribution in [3.8, 4) is 0 Å². The summed E-state index contributed by atoms with van der Waals surface area (Å²) in [4.78, 5) is 20.7. The van der Waals surface area contributed by atoms with Crippen LogP contribution in [0.5, 0.6) is 0 Å². The fourth-order valence-electron chi connectivity index (χ4n) is 0.744. The Balaban J connectivity index is 4.10. The van der Waals surface area contributed by atoms with Gasteiger partial charge in [-0.2, -0.15) is 0 Å². The van der Waals surface area contributed by atoms with Crippen molar-refractivity contribution in [2.24, 2.45) is 0 Å². The van der Waals surface area contributed by atoms with Crippen molar-refractivity contribution < 1.29 is 24.5 Å². The minimum Gasteiger partial charge on any atom is -0.481 e. The molecule has 3 N–H and O–H groups in total. The van der Waals surface area contributed by atoms with E-state index in [0.717, 1.165) is 0 Å². The number of rotatable bonds is 6. The zero-order chi connectivity index (χ0) is 10.4. The van der Waals surface area contributed by atoms with E-state index >= 15 is 0 Å². The monoisotopic (exact) mass is 191 g/mol. The molecular formula is C7H13NO5. The highest BCUT2D eigenvalue weighted by molar-refractivity contribution is 5.80. The van der Waals surface area contributed by atoms with Crippen molar-refractivity contribution in [2.75, 3.05) is 7.11 Å². The third kappa shape index (κ3) is 5.15. The summed E-state index contributed by atoms with van der Waals surface area (Å²) in [5.41, 5.74) is 0. The normalized spacial score (nSPS) is 14.9. The van der Waals surface area contributed by atoms with E-state index in [1.165, 1.54) is 7.11 Å². The summed E-state index contributed by atoms with van der Waals surface area (Å²) in [6, 6.07) is -1.12. The number of carbonyl (C=O) groups is 2. The first-order valence-electron chi connectivity index (χ1n) is 3.70. The van der Waals surface area contributed by atoms with Gasteiger partial charge in [-0.05, 0) is 6.92 Å². The summed E-state index contributed by atoms with van der Waals surface area (Å²) >= 11 is 0. The van der Waals surface area contributed by atoms with Crippen LogP contribution in [0.2, 0.25) is 0 Å². The number of nitrogens with one attached hydrogen (secondary N) is 1. The zero-order valence-corrected chi connectivity index (χ0v) is 7.48. The van der Waals surface area contributed by atoms with Gasteiger partial charge in [-0.3, -0.25) is 14.9 Å². The van der Waals surface area contributed by atoms with Crippen LogP contribution in [-0.4, -0.2) is 41.5 Å². The highest BCUT2D eigenvalue weighted by Gasteiger charge is 2.22.